The van der Waals surface area contributed by atoms with E-state index in [1.54, 1.807) is 0 Å². The van der Waals surface area contributed by atoms with E-state index in [1.165, 1.54) is 25.0 Å². The highest BCUT2D eigenvalue weighted by Gasteiger charge is 2.24. The predicted octanol–water partition coefficient (Wildman–Crippen LogP) is 3.37. The summed E-state index contributed by atoms with van der Waals surface area (Å²) in [5.41, 5.74) is 0. The Bertz CT molecular complexity index is 360. The van der Waals surface area contributed by atoms with E-state index >= 15 is 0 Å². The summed E-state index contributed by atoms with van der Waals surface area (Å²) in [6.45, 7) is 7.75. The molecule has 148 valence electrons. The second-order valence-corrected chi connectivity index (χ2v) is 7.58. The van der Waals surface area contributed by atoms with Gasteiger partial charge in [0.05, 0.1) is 18.8 Å². The lowest BCUT2D eigenvalue weighted by Gasteiger charge is -2.34. The zero-order valence-electron chi connectivity index (χ0n) is 15.9. The minimum Gasteiger partial charge on any atom is -0.376 e. The zero-order valence-corrected chi connectivity index (χ0v) is 19.0. The van der Waals surface area contributed by atoms with E-state index < -0.39 is 0 Å². The number of nitrogens with one attached hydrogen (secondary N) is 1. The number of ether oxygens (including phenoxy) is 2. The number of nitrogens with zero attached hydrogens (tertiary/aromatic N) is 2. The molecule has 0 aromatic heterocycles. The summed E-state index contributed by atoms with van der Waals surface area (Å²) in [4.78, 5) is 7.20. The Kier molecular flexibility index (Phi) is 13.4. The lowest BCUT2D eigenvalue weighted by Crippen LogP contribution is -2.47. The maximum absolute atomic E-state index is 6.07. The summed E-state index contributed by atoms with van der Waals surface area (Å²) in [7, 11) is 0. The van der Waals surface area contributed by atoms with E-state index in [9.17, 15) is 0 Å². The SMILES string of the molecule is CCNC(=NCCCCSC)N1CCC(OCC2CCCO2)CC1.I. The van der Waals surface area contributed by atoms with Crippen molar-refractivity contribution in [3.63, 3.8) is 0 Å². The van der Waals surface area contributed by atoms with Gasteiger partial charge in [0.15, 0.2) is 5.96 Å². The molecule has 1 N–H and O–H groups in total. The van der Waals surface area contributed by atoms with Crippen LogP contribution in [0.3, 0.4) is 0 Å². The second-order valence-electron chi connectivity index (χ2n) is 6.59. The van der Waals surface area contributed by atoms with Gasteiger partial charge in [-0.3, -0.25) is 4.99 Å². The van der Waals surface area contributed by atoms with Crippen LogP contribution in [0.5, 0.6) is 0 Å². The molecule has 0 bridgehead atoms. The van der Waals surface area contributed by atoms with Crippen LogP contribution in [-0.2, 0) is 9.47 Å². The number of likely N-dealkylation sites (tertiary alicyclic amines) is 1. The van der Waals surface area contributed by atoms with E-state index in [0.717, 1.165) is 64.6 Å². The molecule has 7 heteroatoms. The molecule has 2 aliphatic rings. The highest BCUT2D eigenvalue weighted by atomic mass is 127. The summed E-state index contributed by atoms with van der Waals surface area (Å²) in [5.74, 6) is 2.32. The number of piperidine rings is 1. The maximum Gasteiger partial charge on any atom is 0.193 e. The molecular formula is C18H36IN3O2S. The Hall–Kier alpha value is 0.270. The van der Waals surface area contributed by atoms with Crippen LogP contribution in [0, 0.1) is 0 Å². The van der Waals surface area contributed by atoms with Gasteiger partial charge in [0.2, 0.25) is 0 Å². The van der Waals surface area contributed by atoms with Gasteiger partial charge in [-0.25, -0.2) is 0 Å². The third-order valence-electron chi connectivity index (χ3n) is 4.64. The van der Waals surface area contributed by atoms with Gasteiger partial charge in [0.25, 0.3) is 0 Å². The van der Waals surface area contributed by atoms with Crippen molar-refractivity contribution >= 4 is 41.7 Å². The third kappa shape index (κ3) is 9.15. The summed E-state index contributed by atoms with van der Waals surface area (Å²) in [5, 5.41) is 3.44. The van der Waals surface area contributed by atoms with Crippen molar-refractivity contribution in [3.8, 4) is 0 Å². The van der Waals surface area contributed by atoms with Gasteiger partial charge in [-0.05, 0) is 57.5 Å². The number of thioether (sulfide) groups is 1. The summed E-state index contributed by atoms with van der Waals surface area (Å²) < 4.78 is 11.7. The molecule has 2 aliphatic heterocycles. The van der Waals surface area contributed by atoms with E-state index in [1.807, 2.05) is 11.8 Å². The molecule has 0 saturated carbocycles. The van der Waals surface area contributed by atoms with E-state index in [-0.39, 0.29) is 24.0 Å². The van der Waals surface area contributed by atoms with Gasteiger partial charge < -0.3 is 19.7 Å². The maximum atomic E-state index is 6.07. The molecule has 25 heavy (non-hydrogen) atoms. The fourth-order valence-electron chi connectivity index (χ4n) is 3.22. The molecule has 5 nitrogen and oxygen atoms in total. The highest BCUT2D eigenvalue weighted by molar-refractivity contribution is 14.0. The Morgan fingerprint density at radius 1 is 1.28 bits per heavy atom. The monoisotopic (exact) mass is 485 g/mol. The first-order valence-corrected chi connectivity index (χ1v) is 11.0. The molecule has 0 amide bonds. The van der Waals surface area contributed by atoms with Gasteiger partial charge in [-0.15, -0.1) is 24.0 Å². The van der Waals surface area contributed by atoms with Crippen LogP contribution in [0.15, 0.2) is 4.99 Å². The predicted molar refractivity (Wildman–Crippen MR) is 119 cm³/mol. The number of aliphatic imine (C=N–C) groups is 1. The number of unbranched alkanes of at least 4 members (excludes halogenated alkanes) is 1. The van der Waals surface area contributed by atoms with Gasteiger partial charge in [0, 0.05) is 32.8 Å². The normalized spacial score (nSPS) is 22.1. The number of rotatable bonds is 9. The van der Waals surface area contributed by atoms with Crippen molar-refractivity contribution in [2.45, 2.75) is 57.7 Å². The molecule has 1 atom stereocenters. The van der Waals surface area contributed by atoms with Crippen LogP contribution in [0.25, 0.3) is 0 Å². The van der Waals surface area contributed by atoms with Gasteiger partial charge in [-0.1, -0.05) is 0 Å². The fourth-order valence-corrected chi connectivity index (χ4v) is 3.72. The second kappa shape index (κ2) is 14.3. The zero-order chi connectivity index (χ0) is 17.0. The number of hydrogen-bond donors (Lipinski definition) is 1. The number of hydrogen-bond acceptors (Lipinski definition) is 4. The quantitative estimate of drug-likeness (QED) is 0.235. The van der Waals surface area contributed by atoms with Gasteiger partial charge in [0.1, 0.15) is 0 Å². The molecule has 1 unspecified atom stereocenters. The van der Waals surface area contributed by atoms with Crippen LogP contribution < -0.4 is 5.32 Å². The van der Waals surface area contributed by atoms with E-state index in [2.05, 4.69) is 23.4 Å². The molecule has 0 aliphatic carbocycles. The van der Waals surface area contributed by atoms with Gasteiger partial charge >= 0.3 is 0 Å². The summed E-state index contributed by atoms with van der Waals surface area (Å²) in [6.07, 6.45) is 9.84. The lowest BCUT2D eigenvalue weighted by atomic mass is 10.1. The Morgan fingerprint density at radius 3 is 2.72 bits per heavy atom. The van der Waals surface area contributed by atoms with Crippen molar-refractivity contribution in [3.05, 3.63) is 0 Å². The molecule has 0 radical (unpaired) electrons. The average Bonchev–Trinajstić information content (AvgIpc) is 3.13. The molecule has 2 saturated heterocycles. The first-order valence-electron chi connectivity index (χ1n) is 9.59. The van der Waals surface area contributed by atoms with Crippen LogP contribution in [0.1, 0.15) is 45.4 Å². The highest BCUT2D eigenvalue weighted by Crippen LogP contribution is 2.17. The first-order chi connectivity index (χ1) is 11.8. The lowest BCUT2D eigenvalue weighted by molar-refractivity contribution is -0.0367. The summed E-state index contributed by atoms with van der Waals surface area (Å²) >= 11 is 1.92. The van der Waals surface area contributed by atoms with Crippen molar-refractivity contribution in [1.29, 1.82) is 0 Å². The van der Waals surface area contributed by atoms with Crippen LogP contribution in [0.2, 0.25) is 0 Å². The molecule has 2 rings (SSSR count). The van der Waals surface area contributed by atoms with Crippen molar-refractivity contribution < 1.29 is 9.47 Å². The standard InChI is InChI=1S/C18H35N3O2S.HI/c1-3-19-18(20-10-4-5-14-24-2)21-11-8-16(9-12-21)23-15-17-7-6-13-22-17;/h16-17H,3-15H2,1-2H3,(H,19,20);1H. The Balaban J connectivity index is 0.00000312. The minimum atomic E-state index is 0. The van der Waals surface area contributed by atoms with Gasteiger partial charge in [-0.2, -0.15) is 11.8 Å². The topological polar surface area (TPSA) is 46.1 Å². The summed E-state index contributed by atoms with van der Waals surface area (Å²) in [6, 6.07) is 0. The average molecular weight is 485 g/mol. The number of guanidine groups is 1. The van der Waals surface area contributed by atoms with Crippen LogP contribution in [-0.4, -0.2) is 74.5 Å². The molecule has 0 aromatic rings. The Labute approximate surface area is 175 Å². The molecule has 2 fully saturated rings. The van der Waals surface area contributed by atoms with Crippen molar-refractivity contribution in [2.24, 2.45) is 4.99 Å². The first kappa shape index (κ1) is 23.3. The fraction of sp³-hybridized carbons (Fsp3) is 0.944. The Morgan fingerprint density at radius 2 is 2.08 bits per heavy atom. The minimum absolute atomic E-state index is 0. The molecular weight excluding hydrogens is 449 g/mol. The molecule has 0 spiro atoms. The molecule has 2 heterocycles. The van der Waals surface area contributed by atoms with Crippen LogP contribution >= 0.6 is 35.7 Å². The molecule has 0 aromatic carbocycles. The van der Waals surface area contributed by atoms with Crippen molar-refractivity contribution in [2.75, 3.05) is 51.4 Å². The largest absolute Gasteiger partial charge is 0.376 e. The smallest absolute Gasteiger partial charge is 0.193 e. The van der Waals surface area contributed by atoms with Crippen molar-refractivity contribution in [1.82, 2.24) is 10.2 Å². The van der Waals surface area contributed by atoms with Crippen LogP contribution in [0.4, 0.5) is 0 Å². The number of halogens is 1. The third-order valence-corrected chi connectivity index (χ3v) is 5.33. The van der Waals surface area contributed by atoms with E-state index in [4.69, 9.17) is 14.5 Å². The van der Waals surface area contributed by atoms with E-state index in [0.29, 0.717) is 12.2 Å².